The number of halogens is 1. The second-order valence-corrected chi connectivity index (χ2v) is 6.14. The molecule has 6 nitrogen and oxygen atoms in total. The lowest BCUT2D eigenvalue weighted by atomic mass is 9.94. The van der Waals surface area contributed by atoms with E-state index in [1.54, 1.807) is 31.4 Å². The molecule has 0 aliphatic carbocycles. The van der Waals surface area contributed by atoms with Crippen molar-refractivity contribution in [2.24, 2.45) is 0 Å². The van der Waals surface area contributed by atoms with Gasteiger partial charge in [-0.2, -0.15) is 0 Å². The smallest absolute Gasteiger partial charge is 0.319 e. The number of amides is 3. The molecule has 0 aromatic heterocycles. The van der Waals surface area contributed by atoms with Crippen LogP contribution in [-0.2, 0) is 4.79 Å². The molecule has 0 saturated carbocycles. The third-order valence-corrected chi connectivity index (χ3v) is 4.37. The van der Waals surface area contributed by atoms with Crippen molar-refractivity contribution in [3.8, 4) is 5.75 Å². The van der Waals surface area contributed by atoms with Crippen LogP contribution in [-0.4, -0.2) is 31.6 Å². The molecule has 3 amide bonds. The second-order valence-electron chi connectivity index (χ2n) is 5.71. The summed E-state index contributed by atoms with van der Waals surface area (Å²) < 4.78 is 5.15. The first-order valence-corrected chi connectivity index (χ1v) is 8.19. The van der Waals surface area contributed by atoms with Gasteiger partial charge in [0.15, 0.2) is 0 Å². The molecule has 1 aliphatic rings. The van der Waals surface area contributed by atoms with Gasteiger partial charge in [-0.3, -0.25) is 4.79 Å². The monoisotopic (exact) mass is 359 g/mol. The third-order valence-electron chi connectivity index (χ3n) is 4.11. The predicted molar refractivity (Wildman–Crippen MR) is 96.1 cm³/mol. The first-order valence-electron chi connectivity index (χ1n) is 7.81. The van der Waals surface area contributed by atoms with E-state index >= 15 is 0 Å². The van der Waals surface area contributed by atoms with Crippen molar-refractivity contribution in [3.63, 3.8) is 0 Å². The molecule has 3 rings (SSSR count). The lowest BCUT2D eigenvalue weighted by molar-refractivity contribution is -0.120. The number of nitrogens with one attached hydrogen (secondary N) is 3. The minimum Gasteiger partial charge on any atom is -0.497 e. The lowest BCUT2D eigenvalue weighted by Crippen LogP contribution is -2.44. The number of ether oxygens (including phenoxy) is 1. The molecule has 0 radical (unpaired) electrons. The largest absolute Gasteiger partial charge is 0.497 e. The summed E-state index contributed by atoms with van der Waals surface area (Å²) in [5.74, 6) is 0.396. The normalized spacial score (nSPS) is 19.2. The van der Waals surface area contributed by atoms with Crippen molar-refractivity contribution in [3.05, 3.63) is 59.1 Å². The van der Waals surface area contributed by atoms with Crippen LogP contribution in [0.25, 0.3) is 0 Å². The van der Waals surface area contributed by atoms with Crippen molar-refractivity contribution in [1.29, 1.82) is 0 Å². The summed E-state index contributed by atoms with van der Waals surface area (Å²) in [6.07, 6.45) is 0. The fourth-order valence-electron chi connectivity index (χ4n) is 2.79. The molecule has 3 N–H and O–H groups in total. The summed E-state index contributed by atoms with van der Waals surface area (Å²) in [6.45, 7) is 0.469. The fraction of sp³-hybridized carbons (Fsp3) is 0.222. The molecular weight excluding hydrogens is 342 g/mol. The molecular formula is C18H18ClN3O3. The Bertz CT molecular complexity index is 762. The molecule has 7 heteroatoms. The minimum absolute atomic E-state index is 0.144. The van der Waals surface area contributed by atoms with Crippen LogP contribution in [0.1, 0.15) is 11.5 Å². The Hall–Kier alpha value is -2.73. The number of hydrogen-bond donors (Lipinski definition) is 3. The topological polar surface area (TPSA) is 79.5 Å². The van der Waals surface area contributed by atoms with Gasteiger partial charge < -0.3 is 20.7 Å². The maximum Gasteiger partial charge on any atom is 0.319 e. The second kappa shape index (κ2) is 7.44. The molecule has 0 spiro atoms. The molecule has 1 heterocycles. The molecule has 2 aromatic carbocycles. The van der Waals surface area contributed by atoms with Gasteiger partial charge in [-0.1, -0.05) is 23.7 Å². The number of anilines is 1. The Morgan fingerprint density at radius 3 is 2.48 bits per heavy atom. The third kappa shape index (κ3) is 4.03. The Labute approximate surface area is 150 Å². The summed E-state index contributed by atoms with van der Waals surface area (Å²) >= 11 is 5.82. The average molecular weight is 360 g/mol. The van der Waals surface area contributed by atoms with E-state index in [1.165, 1.54) is 0 Å². The van der Waals surface area contributed by atoms with Crippen molar-refractivity contribution in [2.45, 2.75) is 12.0 Å². The van der Waals surface area contributed by atoms with Crippen molar-refractivity contribution >= 4 is 29.2 Å². The lowest BCUT2D eigenvalue weighted by Gasteiger charge is -2.19. The molecule has 1 fully saturated rings. The number of carbonyl (C=O) groups excluding carboxylic acids is 2. The zero-order valence-corrected chi connectivity index (χ0v) is 14.3. The van der Waals surface area contributed by atoms with Gasteiger partial charge >= 0.3 is 6.03 Å². The molecule has 25 heavy (non-hydrogen) atoms. The Morgan fingerprint density at radius 1 is 1.16 bits per heavy atom. The summed E-state index contributed by atoms with van der Waals surface area (Å²) in [7, 11) is 1.60. The van der Waals surface area contributed by atoms with Crippen LogP contribution in [0.5, 0.6) is 5.75 Å². The summed E-state index contributed by atoms with van der Waals surface area (Å²) in [5, 5.41) is 8.82. The highest BCUT2D eigenvalue weighted by atomic mass is 35.5. The zero-order chi connectivity index (χ0) is 17.8. The first kappa shape index (κ1) is 17.1. The highest BCUT2D eigenvalue weighted by Gasteiger charge is 2.36. The van der Waals surface area contributed by atoms with Crippen LogP contribution in [0, 0.1) is 0 Å². The van der Waals surface area contributed by atoms with Crippen LogP contribution in [0.4, 0.5) is 10.5 Å². The van der Waals surface area contributed by atoms with E-state index in [9.17, 15) is 9.59 Å². The standard InChI is InChI=1S/C18H18ClN3O3/c1-25-14-8-2-11(3-9-14)15-10-20-17(23)16(15)22-18(24)21-13-6-4-12(19)5-7-13/h2-9,15-16H,10H2,1H3,(H,20,23)(H2,21,22,24)/t15?,16-/m1/s1. The van der Waals surface area contributed by atoms with Gasteiger partial charge in [-0.05, 0) is 42.0 Å². The van der Waals surface area contributed by atoms with E-state index in [0.717, 1.165) is 11.3 Å². The molecule has 130 valence electrons. The van der Waals surface area contributed by atoms with E-state index in [-0.39, 0.29) is 11.8 Å². The van der Waals surface area contributed by atoms with E-state index < -0.39 is 12.1 Å². The highest BCUT2D eigenvalue weighted by molar-refractivity contribution is 6.30. The van der Waals surface area contributed by atoms with Crippen LogP contribution < -0.4 is 20.7 Å². The van der Waals surface area contributed by atoms with Crippen LogP contribution in [0.3, 0.4) is 0 Å². The molecule has 1 aliphatic heterocycles. The molecule has 1 saturated heterocycles. The number of rotatable bonds is 4. The van der Waals surface area contributed by atoms with Crippen LogP contribution >= 0.6 is 11.6 Å². The molecule has 1 unspecified atom stereocenters. The highest BCUT2D eigenvalue weighted by Crippen LogP contribution is 2.25. The summed E-state index contributed by atoms with van der Waals surface area (Å²) in [6, 6.07) is 13.1. The minimum atomic E-state index is -0.638. The zero-order valence-electron chi connectivity index (χ0n) is 13.6. The molecule has 0 bridgehead atoms. The number of hydrogen-bond acceptors (Lipinski definition) is 3. The number of benzene rings is 2. The van der Waals surface area contributed by atoms with E-state index in [4.69, 9.17) is 16.3 Å². The predicted octanol–water partition coefficient (Wildman–Crippen LogP) is 2.75. The molecule has 2 aromatic rings. The van der Waals surface area contributed by atoms with E-state index in [0.29, 0.717) is 17.3 Å². The maximum atomic E-state index is 12.2. The number of carbonyl (C=O) groups is 2. The van der Waals surface area contributed by atoms with Gasteiger partial charge in [0, 0.05) is 23.2 Å². The van der Waals surface area contributed by atoms with Crippen molar-refractivity contribution in [1.82, 2.24) is 10.6 Å². The van der Waals surface area contributed by atoms with Gasteiger partial charge in [0.1, 0.15) is 11.8 Å². The summed E-state index contributed by atoms with van der Waals surface area (Å²) in [4.78, 5) is 24.3. The van der Waals surface area contributed by atoms with Gasteiger partial charge in [-0.15, -0.1) is 0 Å². The Balaban J connectivity index is 1.68. The number of urea groups is 1. The quantitative estimate of drug-likeness (QED) is 0.785. The fourth-order valence-corrected chi connectivity index (χ4v) is 2.92. The average Bonchev–Trinajstić information content (AvgIpc) is 2.98. The molecule has 2 atom stereocenters. The van der Waals surface area contributed by atoms with Gasteiger partial charge in [0.2, 0.25) is 5.91 Å². The van der Waals surface area contributed by atoms with E-state index in [1.807, 2.05) is 24.3 Å². The van der Waals surface area contributed by atoms with Gasteiger partial charge in [-0.25, -0.2) is 4.79 Å². The van der Waals surface area contributed by atoms with Crippen molar-refractivity contribution < 1.29 is 14.3 Å². The van der Waals surface area contributed by atoms with Crippen LogP contribution in [0.15, 0.2) is 48.5 Å². The Morgan fingerprint density at radius 2 is 1.84 bits per heavy atom. The van der Waals surface area contributed by atoms with Gasteiger partial charge in [0.05, 0.1) is 7.11 Å². The number of methoxy groups -OCH3 is 1. The van der Waals surface area contributed by atoms with Crippen LogP contribution in [0.2, 0.25) is 5.02 Å². The summed E-state index contributed by atoms with van der Waals surface area (Å²) in [5.41, 5.74) is 1.55. The van der Waals surface area contributed by atoms with Gasteiger partial charge in [0.25, 0.3) is 0 Å². The Kier molecular flexibility index (Phi) is 5.09. The van der Waals surface area contributed by atoms with Crippen molar-refractivity contribution in [2.75, 3.05) is 19.0 Å². The maximum absolute atomic E-state index is 12.2. The SMILES string of the molecule is COc1ccc(C2CNC(=O)[C@@H]2NC(=O)Nc2ccc(Cl)cc2)cc1. The van der Waals surface area contributed by atoms with E-state index in [2.05, 4.69) is 16.0 Å². The first-order chi connectivity index (χ1) is 12.1.